The van der Waals surface area contributed by atoms with Crippen LogP contribution in [0.1, 0.15) is 36.9 Å². The molecule has 0 radical (unpaired) electrons. The van der Waals surface area contributed by atoms with Crippen molar-refractivity contribution in [2.45, 2.75) is 31.5 Å². The van der Waals surface area contributed by atoms with E-state index in [9.17, 15) is 0 Å². The summed E-state index contributed by atoms with van der Waals surface area (Å²) in [5.41, 5.74) is 6.65. The highest BCUT2D eigenvalue weighted by Gasteiger charge is 2.52. The van der Waals surface area contributed by atoms with E-state index in [0.717, 1.165) is 66.5 Å². The number of fused-ring (bicyclic) bond motifs is 4. The monoisotopic (exact) mass is 407 g/mol. The van der Waals surface area contributed by atoms with E-state index in [4.69, 9.17) is 14.2 Å². The van der Waals surface area contributed by atoms with E-state index < -0.39 is 5.72 Å². The molecular weight excluding hydrogens is 378 g/mol. The Morgan fingerprint density at radius 2 is 1.83 bits per heavy atom. The molecule has 2 aromatic rings. The SMILES string of the molecule is CCN1CCC2(CC1)Oc1c(OC)cccc1[C@@H]1C=C(c3ccc(OC)cc3)NN12. The Labute approximate surface area is 178 Å². The van der Waals surface area contributed by atoms with Crippen molar-refractivity contribution in [1.29, 1.82) is 0 Å². The number of rotatable bonds is 4. The van der Waals surface area contributed by atoms with Crippen molar-refractivity contribution in [3.63, 3.8) is 0 Å². The Morgan fingerprint density at radius 1 is 1.07 bits per heavy atom. The largest absolute Gasteiger partial charge is 0.497 e. The third kappa shape index (κ3) is 3.02. The minimum atomic E-state index is -0.400. The van der Waals surface area contributed by atoms with Crippen LogP contribution >= 0.6 is 0 Å². The normalized spacial score (nSPS) is 22.5. The fourth-order valence-corrected chi connectivity index (χ4v) is 4.82. The van der Waals surface area contributed by atoms with Crippen LogP contribution in [0, 0.1) is 0 Å². The zero-order valence-corrected chi connectivity index (χ0v) is 17.9. The summed E-state index contributed by atoms with van der Waals surface area (Å²) in [6, 6.07) is 14.4. The van der Waals surface area contributed by atoms with Gasteiger partial charge in [0.15, 0.2) is 17.2 Å². The van der Waals surface area contributed by atoms with Gasteiger partial charge in [-0.25, -0.2) is 0 Å². The summed E-state index contributed by atoms with van der Waals surface area (Å²) in [7, 11) is 3.40. The molecule has 0 amide bonds. The Kier molecular flexibility index (Phi) is 4.83. The Hall–Kier alpha value is -2.70. The van der Waals surface area contributed by atoms with Gasteiger partial charge < -0.3 is 24.5 Å². The smallest absolute Gasteiger partial charge is 0.183 e. The van der Waals surface area contributed by atoms with Gasteiger partial charge in [0.05, 0.1) is 26.0 Å². The highest BCUT2D eigenvalue weighted by atomic mass is 16.5. The highest BCUT2D eigenvalue weighted by Crippen LogP contribution is 2.51. The fraction of sp³-hybridized carbons (Fsp3) is 0.417. The lowest BCUT2D eigenvalue weighted by Gasteiger charge is -2.51. The summed E-state index contributed by atoms with van der Waals surface area (Å²) < 4.78 is 17.8. The van der Waals surface area contributed by atoms with Crippen LogP contribution < -0.4 is 19.6 Å². The maximum absolute atomic E-state index is 6.77. The Bertz CT molecular complexity index is 949. The van der Waals surface area contributed by atoms with Gasteiger partial charge in [0.1, 0.15) is 5.75 Å². The quantitative estimate of drug-likeness (QED) is 0.832. The van der Waals surface area contributed by atoms with Crippen molar-refractivity contribution in [3.05, 3.63) is 59.7 Å². The number of benzene rings is 2. The van der Waals surface area contributed by atoms with Gasteiger partial charge in [0.25, 0.3) is 0 Å². The predicted octanol–water partition coefficient (Wildman–Crippen LogP) is 3.81. The molecule has 30 heavy (non-hydrogen) atoms. The zero-order chi connectivity index (χ0) is 20.7. The molecule has 1 N–H and O–H groups in total. The van der Waals surface area contributed by atoms with E-state index in [1.165, 1.54) is 0 Å². The Morgan fingerprint density at radius 3 is 2.50 bits per heavy atom. The van der Waals surface area contributed by atoms with Gasteiger partial charge in [-0.3, -0.25) is 0 Å². The molecule has 0 saturated carbocycles. The second-order valence-corrected chi connectivity index (χ2v) is 8.10. The molecule has 3 aliphatic rings. The summed E-state index contributed by atoms with van der Waals surface area (Å²) in [4.78, 5) is 2.48. The van der Waals surface area contributed by atoms with E-state index in [0.29, 0.717) is 0 Å². The first-order chi connectivity index (χ1) is 14.7. The van der Waals surface area contributed by atoms with Crippen LogP contribution in [0.2, 0.25) is 0 Å². The third-order valence-electron chi connectivity index (χ3n) is 6.61. The van der Waals surface area contributed by atoms with Gasteiger partial charge in [-0.15, -0.1) is 0 Å². The topological polar surface area (TPSA) is 46.2 Å². The number of piperidine rings is 1. The van der Waals surface area contributed by atoms with Crippen molar-refractivity contribution < 1.29 is 14.2 Å². The molecule has 1 fully saturated rings. The maximum atomic E-state index is 6.77. The van der Waals surface area contributed by atoms with E-state index in [1.54, 1.807) is 14.2 Å². The first-order valence-corrected chi connectivity index (χ1v) is 10.7. The molecule has 3 heterocycles. The van der Waals surface area contributed by atoms with Gasteiger partial charge in [-0.1, -0.05) is 19.1 Å². The standard InChI is InChI=1S/C24H29N3O3/c1-4-26-14-12-24(13-15-26)27-21(19-6-5-7-22(29-3)23(19)30-24)16-20(25-27)17-8-10-18(28-2)11-9-17/h5-11,16,21,25H,4,12-15H2,1-3H3/t21-/m0/s1. The molecule has 0 unspecified atom stereocenters. The predicted molar refractivity (Wildman–Crippen MR) is 116 cm³/mol. The maximum Gasteiger partial charge on any atom is 0.183 e. The molecule has 1 spiro atoms. The molecule has 1 saturated heterocycles. The fourth-order valence-electron chi connectivity index (χ4n) is 4.82. The van der Waals surface area contributed by atoms with Crippen LogP contribution in [-0.4, -0.2) is 49.5 Å². The first kappa shape index (κ1) is 19.3. The van der Waals surface area contributed by atoms with Crippen LogP contribution in [0.4, 0.5) is 0 Å². The summed E-state index contributed by atoms with van der Waals surface area (Å²) in [6.07, 6.45) is 4.17. The van der Waals surface area contributed by atoms with Crippen molar-refractivity contribution in [1.82, 2.24) is 15.3 Å². The number of hydrazine groups is 1. The van der Waals surface area contributed by atoms with E-state index in [1.807, 2.05) is 24.3 Å². The molecule has 0 aromatic heterocycles. The zero-order valence-electron chi connectivity index (χ0n) is 17.9. The number of likely N-dealkylation sites (tertiary alicyclic amines) is 1. The van der Waals surface area contributed by atoms with Crippen LogP contribution in [0.5, 0.6) is 17.2 Å². The second kappa shape index (κ2) is 7.52. The average Bonchev–Trinajstić information content (AvgIpc) is 3.26. The van der Waals surface area contributed by atoms with Crippen LogP contribution in [0.25, 0.3) is 5.70 Å². The van der Waals surface area contributed by atoms with Crippen LogP contribution in [-0.2, 0) is 0 Å². The van der Waals surface area contributed by atoms with Gasteiger partial charge in [-0.2, -0.15) is 5.01 Å². The molecule has 158 valence electrons. The Balaban J connectivity index is 1.55. The number of hydrogen-bond donors (Lipinski definition) is 1. The second-order valence-electron chi connectivity index (χ2n) is 8.10. The van der Waals surface area contributed by atoms with Crippen molar-refractivity contribution in [3.8, 4) is 17.2 Å². The number of ether oxygens (including phenoxy) is 3. The minimum absolute atomic E-state index is 0.0918. The lowest BCUT2D eigenvalue weighted by atomic mass is 9.92. The number of nitrogens with zero attached hydrogens (tertiary/aromatic N) is 2. The molecule has 0 bridgehead atoms. The molecule has 6 heteroatoms. The average molecular weight is 408 g/mol. The third-order valence-corrected chi connectivity index (χ3v) is 6.61. The number of hydrogen-bond acceptors (Lipinski definition) is 6. The number of nitrogens with one attached hydrogen (secondary N) is 1. The van der Waals surface area contributed by atoms with Crippen molar-refractivity contribution >= 4 is 5.70 Å². The summed E-state index contributed by atoms with van der Waals surface area (Å²) in [5.74, 6) is 2.54. The summed E-state index contributed by atoms with van der Waals surface area (Å²) in [6.45, 7) is 5.33. The van der Waals surface area contributed by atoms with E-state index in [-0.39, 0.29) is 6.04 Å². The molecule has 3 aliphatic heterocycles. The number of para-hydroxylation sites is 1. The lowest BCUT2D eigenvalue weighted by Crippen LogP contribution is -2.63. The van der Waals surface area contributed by atoms with Gasteiger partial charge in [0.2, 0.25) is 0 Å². The highest BCUT2D eigenvalue weighted by molar-refractivity contribution is 5.68. The molecule has 6 nitrogen and oxygen atoms in total. The van der Waals surface area contributed by atoms with Crippen LogP contribution in [0.3, 0.4) is 0 Å². The van der Waals surface area contributed by atoms with Crippen molar-refractivity contribution in [2.75, 3.05) is 33.9 Å². The first-order valence-electron chi connectivity index (χ1n) is 10.7. The molecule has 0 aliphatic carbocycles. The molecule has 1 atom stereocenters. The summed E-state index contributed by atoms with van der Waals surface area (Å²) >= 11 is 0. The van der Waals surface area contributed by atoms with Gasteiger partial charge >= 0.3 is 0 Å². The van der Waals surface area contributed by atoms with Crippen LogP contribution in [0.15, 0.2) is 48.5 Å². The number of methoxy groups -OCH3 is 2. The molecule has 5 rings (SSSR count). The van der Waals surface area contributed by atoms with Crippen molar-refractivity contribution in [2.24, 2.45) is 0 Å². The molecular formula is C24H29N3O3. The van der Waals surface area contributed by atoms with E-state index >= 15 is 0 Å². The minimum Gasteiger partial charge on any atom is -0.497 e. The van der Waals surface area contributed by atoms with Gasteiger partial charge in [0, 0.05) is 31.5 Å². The van der Waals surface area contributed by atoms with E-state index in [2.05, 4.69) is 46.5 Å². The van der Waals surface area contributed by atoms with Gasteiger partial charge in [-0.05, 0) is 48.5 Å². The molecule has 2 aromatic carbocycles. The summed E-state index contributed by atoms with van der Waals surface area (Å²) in [5, 5.41) is 2.32. The lowest BCUT2D eigenvalue weighted by molar-refractivity contribution is -0.160.